The fraction of sp³-hybridized carbons (Fsp3) is 0.690. The molecule has 1 aromatic rings. The van der Waals surface area contributed by atoms with Crippen LogP contribution in [-0.2, 0) is 14.3 Å². The van der Waals surface area contributed by atoms with Gasteiger partial charge in [-0.25, -0.2) is 4.79 Å². The van der Waals surface area contributed by atoms with E-state index in [1.807, 2.05) is 58.9 Å². The molecule has 0 aliphatic rings. The first-order valence-corrected chi connectivity index (χ1v) is 13.4. The molecule has 0 radical (unpaired) electrons. The molecule has 0 heterocycles. The summed E-state index contributed by atoms with van der Waals surface area (Å²) in [5.41, 5.74) is 1.05. The van der Waals surface area contributed by atoms with E-state index in [-0.39, 0.29) is 23.8 Å². The average molecular weight is 504 g/mol. The van der Waals surface area contributed by atoms with E-state index in [2.05, 4.69) is 17.6 Å². The van der Waals surface area contributed by atoms with Crippen LogP contribution in [0.25, 0.3) is 0 Å². The van der Waals surface area contributed by atoms with Crippen LogP contribution in [0.15, 0.2) is 24.3 Å². The van der Waals surface area contributed by atoms with E-state index in [1.54, 1.807) is 25.7 Å². The van der Waals surface area contributed by atoms with E-state index >= 15 is 0 Å². The molecular formula is C29H49N3O4. The van der Waals surface area contributed by atoms with Gasteiger partial charge in [-0.15, -0.1) is 0 Å². The predicted molar refractivity (Wildman–Crippen MR) is 146 cm³/mol. The second kappa shape index (κ2) is 14.9. The van der Waals surface area contributed by atoms with E-state index in [1.165, 1.54) is 0 Å². The number of nitrogens with zero attached hydrogens (tertiary/aromatic N) is 1. The van der Waals surface area contributed by atoms with Gasteiger partial charge in [-0.2, -0.15) is 0 Å². The molecule has 0 aliphatic carbocycles. The van der Waals surface area contributed by atoms with E-state index in [9.17, 15) is 14.4 Å². The van der Waals surface area contributed by atoms with Crippen molar-refractivity contribution >= 4 is 17.9 Å². The maximum atomic E-state index is 14.1. The predicted octanol–water partition coefficient (Wildman–Crippen LogP) is 5.91. The van der Waals surface area contributed by atoms with Crippen molar-refractivity contribution in [3.63, 3.8) is 0 Å². The number of benzene rings is 1. The Morgan fingerprint density at radius 1 is 0.972 bits per heavy atom. The normalized spacial score (nSPS) is 13.3. The van der Waals surface area contributed by atoms with Crippen LogP contribution in [0, 0.1) is 12.8 Å². The van der Waals surface area contributed by atoms with E-state index < -0.39 is 23.8 Å². The molecule has 7 heteroatoms. The minimum atomic E-state index is -0.801. The number of nitrogens with one attached hydrogen (secondary N) is 2. The fourth-order valence-corrected chi connectivity index (χ4v) is 4.13. The van der Waals surface area contributed by atoms with E-state index in [0.717, 1.165) is 36.8 Å². The lowest BCUT2D eigenvalue weighted by atomic mass is 9.96. The number of aryl methyl sites for hydroxylation is 1. The van der Waals surface area contributed by atoms with Gasteiger partial charge < -0.3 is 20.3 Å². The molecule has 0 aromatic heterocycles. The number of carbonyl (C=O) groups excluding carboxylic acids is 3. The summed E-state index contributed by atoms with van der Waals surface area (Å²) in [6.07, 6.45) is 3.67. The number of unbranched alkanes of at least 4 members (excludes halogenated alkanes) is 3. The van der Waals surface area contributed by atoms with E-state index in [4.69, 9.17) is 4.74 Å². The van der Waals surface area contributed by atoms with Crippen LogP contribution in [0.5, 0.6) is 0 Å². The van der Waals surface area contributed by atoms with Crippen LogP contribution in [0.3, 0.4) is 0 Å². The third-order valence-electron chi connectivity index (χ3n) is 5.71. The Bertz CT molecular complexity index is 845. The first-order valence-electron chi connectivity index (χ1n) is 13.4. The number of hydrogen-bond acceptors (Lipinski definition) is 4. The molecule has 0 saturated heterocycles. The molecule has 0 fully saturated rings. The molecule has 2 unspecified atom stereocenters. The number of hydrogen-bond donors (Lipinski definition) is 2. The van der Waals surface area contributed by atoms with Crippen molar-refractivity contribution in [2.45, 2.75) is 118 Å². The quantitative estimate of drug-likeness (QED) is 0.328. The lowest BCUT2D eigenvalue weighted by Crippen LogP contribution is -2.54. The standard InChI is InChI=1S/C29H49N3O4/c1-10-11-12-15-18-32(25(26(33)30-21(4)5)23-17-14-13-16-22(23)6)27(34)24(19-20(2)3)31-28(35)36-29(7,8)9/h13-14,16-17,20-21,24-25H,10-12,15,18-19H2,1-9H3,(H,30,33)(H,31,35). The minimum absolute atomic E-state index is 0.0765. The first-order chi connectivity index (χ1) is 16.8. The van der Waals surface area contributed by atoms with Gasteiger partial charge in [0, 0.05) is 12.6 Å². The van der Waals surface area contributed by atoms with Crippen LogP contribution >= 0.6 is 0 Å². The summed E-state index contributed by atoms with van der Waals surface area (Å²) in [5.74, 6) is -0.334. The molecule has 1 aromatic carbocycles. The van der Waals surface area contributed by atoms with Crippen LogP contribution in [0.4, 0.5) is 4.79 Å². The SMILES string of the molecule is CCCCCCN(C(=O)C(CC(C)C)NC(=O)OC(C)(C)C)C(C(=O)NC(C)C)c1ccccc1C. The lowest BCUT2D eigenvalue weighted by Gasteiger charge is -2.36. The molecule has 204 valence electrons. The third-order valence-corrected chi connectivity index (χ3v) is 5.71. The van der Waals surface area contributed by atoms with Gasteiger partial charge in [0.15, 0.2) is 0 Å². The molecular weight excluding hydrogens is 454 g/mol. The summed E-state index contributed by atoms with van der Waals surface area (Å²) in [7, 11) is 0. The summed E-state index contributed by atoms with van der Waals surface area (Å²) >= 11 is 0. The van der Waals surface area contributed by atoms with Gasteiger partial charge in [-0.3, -0.25) is 9.59 Å². The van der Waals surface area contributed by atoms with Crippen molar-refractivity contribution in [2.75, 3.05) is 6.54 Å². The van der Waals surface area contributed by atoms with E-state index in [0.29, 0.717) is 13.0 Å². The first kappa shape index (κ1) is 31.5. The van der Waals surface area contributed by atoms with Crippen LogP contribution < -0.4 is 10.6 Å². The summed E-state index contributed by atoms with van der Waals surface area (Å²) in [5, 5.41) is 5.82. The Morgan fingerprint density at radius 2 is 1.61 bits per heavy atom. The largest absolute Gasteiger partial charge is 0.444 e. The number of alkyl carbamates (subject to hydrolysis) is 1. The second-order valence-corrected chi connectivity index (χ2v) is 11.3. The monoisotopic (exact) mass is 503 g/mol. The van der Waals surface area contributed by atoms with Crippen molar-refractivity contribution in [3.8, 4) is 0 Å². The molecule has 0 saturated carbocycles. The highest BCUT2D eigenvalue weighted by Crippen LogP contribution is 2.27. The zero-order valence-electron chi connectivity index (χ0n) is 23.9. The average Bonchev–Trinajstić information content (AvgIpc) is 2.73. The van der Waals surface area contributed by atoms with Crippen molar-refractivity contribution in [2.24, 2.45) is 5.92 Å². The zero-order valence-corrected chi connectivity index (χ0v) is 23.9. The smallest absolute Gasteiger partial charge is 0.408 e. The maximum Gasteiger partial charge on any atom is 0.408 e. The lowest BCUT2D eigenvalue weighted by molar-refractivity contribution is -0.143. The van der Waals surface area contributed by atoms with Gasteiger partial charge >= 0.3 is 6.09 Å². The Labute approximate surface area is 218 Å². The van der Waals surface area contributed by atoms with Gasteiger partial charge in [-0.1, -0.05) is 64.3 Å². The van der Waals surface area contributed by atoms with Crippen LogP contribution in [0.2, 0.25) is 0 Å². The topological polar surface area (TPSA) is 87.7 Å². The summed E-state index contributed by atoms with van der Waals surface area (Å²) < 4.78 is 5.46. The Morgan fingerprint density at radius 3 is 2.14 bits per heavy atom. The highest BCUT2D eigenvalue weighted by Gasteiger charge is 2.37. The van der Waals surface area contributed by atoms with Crippen molar-refractivity contribution < 1.29 is 19.1 Å². The Hall–Kier alpha value is -2.57. The highest BCUT2D eigenvalue weighted by atomic mass is 16.6. The molecule has 3 amide bonds. The van der Waals surface area contributed by atoms with Crippen LogP contribution in [-0.4, -0.2) is 47.0 Å². The fourth-order valence-electron chi connectivity index (χ4n) is 4.13. The highest BCUT2D eigenvalue weighted by molar-refractivity contribution is 5.92. The number of carbonyl (C=O) groups is 3. The van der Waals surface area contributed by atoms with Gasteiger partial charge in [-0.05, 0) is 71.4 Å². The van der Waals surface area contributed by atoms with Gasteiger partial charge in [0.1, 0.15) is 17.7 Å². The molecule has 7 nitrogen and oxygen atoms in total. The third kappa shape index (κ3) is 11.0. The number of amides is 3. The second-order valence-electron chi connectivity index (χ2n) is 11.3. The number of rotatable bonds is 13. The van der Waals surface area contributed by atoms with Gasteiger partial charge in [0.05, 0.1) is 0 Å². The van der Waals surface area contributed by atoms with Gasteiger partial charge in [0.25, 0.3) is 0 Å². The molecule has 2 atom stereocenters. The molecule has 2 N–H and O–H groups in total. The molecule has 0 bridgehead atoms. The van der Waals surface area contributed by atoms with Crippen LogP contribution in [0.1, 0.15) is 105 Å². The van der Waals surface area contributed by atoms with Crippen molar-refractivity contribution in [1.29, 1.82) is 0 Å². The molecule has 36 heavy (non-hydrogen) atoms. The van der Waals surface area contributed by atoms with Crippen molar-refractivity contribution in [3.05, 3.63) is 35.4 Å². The summed E-state index contributed by atoms with van der Waals surface area (Å²) in [6, 6.07) is 6.01. The summed E-state index contributed by atoms with van der Waals surface area (Å²) in [6.45, 7) is 17.7. The minimum Gasteiger partial charge on any atom is -0.444 e. The number of ether oxygens (including phenoxy) is 1. The van der Waals surface area contributed by atoms with Gasteiger partial charge in [0.2, 0.25) is 11.8 Å². The maximum absolute atomic E-state index is 14.1. The Balaban J connectivity index is 3.48. The Kier molecular flexibility index (Phi) is 13.0. The molecule has 1 rings (SSSR count). The molecule has 0 spiro atoms. The summed E-state index contributed by atoms with van der Waals surface area (Å²) in [4.78, 5) is 42.0. The molecule has 0 aliphatic heterocycles. The van der Waals surface area contributed by atoms with Crippen molar-refractivity contribution in [1.82, 2.24) is 15.5 Å². The zero-order chi connectivity index (χ0) is 27.5.